The molecule has 0 radical (unpaired) electrons. The molecule has 2 saturated carbocycles. The number of likely N-dealkylation sites (N-methyl/N-ethyl adjacent to an activating group) is 1. The van der Waals surface area contributed by atoms with E-state index < -0.39 is 0 Å². The Hall–Kier alpha value is -0.0300. The first-order chi connectivity index (χ1) is 9.03. The van der Waals surface area contributed by atoms with Gasteiger partial charge in [0.15, 0.2) is 0 Å². The smallest absolute Gasteiger partial charge is 0.223 e. The highest BCUT2D eigenvalue weighted by molar-refractivity contribution is 5.85. The summed E-state index contributed by atoms with van der Waals surface area (Å²) in [7, 11) is 4.27. The van der Waals surface area contributed by atoms with Gasteiger partial charge in [0, 0.05) is 24.0 Å². The van der Waals surface area contributed by atoms with Crippen LogP contribution in [0.1, 0.15) is 51.4 Å². The van der Waals surface area contributed by atoms with Crippen LogP contribution in [0.25, 0.3) is 0 Å². The number of carbonyl (C=O) groups excluding carboxylic acids is 1. The van der Waals surface area contributed by atoms with Gasteiger partial charge in [0.25, 0.3) is 0 Å². The summed E-state index contributed by atoms with van der Waals surface area (Å²) in [5.41, 5.74) is 6.15. The van der Waals surface area contributed by atoms with Gasteiger partial charge in [-0.25, -0.2) is 0 Å². The molecule has 126 valence electrons. The van der Waals surface area contributed by atoms with Gasteiger partial charge >= 0.3 is 0 Å². The predicted molar refractivity (Wildman–Crippen MR) is 92.3 cm³/mol. The SMILES string of the molecule is CN(C)C1(CNC(=O)C2CCCC(N)C2)CCCC1.Cl.Cl. The number of hydrogen-bond acceptors (Lipinski definition) is 3. The van der Waals surface area contributed by atoms with Crippen molar-refractivity contribution in [2.24, 2.45) is 11.7 Å². The van der Waals surface area contributed by atoms with E-state index in [1.165, 1.54) is 25.7 Å². The molecule has 0 aliphatic heterocycles. The zero-order chi connectivity index (χ0) is 13.9. The number of nitrogens with one attached hydrogen (secondary N) is 1. The molecule has 0 aromatic rings. The van der Waals surface area contributed by atoms with Crippen LogP contribution in [0.2, 0.25) is 0 Å². The van der Waals surface area contributed by atoms with E-state index in [-0.39, 0.29) is 48.2 Å². The van der Waals surface area contributed by atoms with Crippen LogP contribution in [0.5, 0.6) is 0 Å². The number of nitrogens with two attached hydrogens (primary N) is 1. The number of halogens is 2. The van der Waals surface area contributed by atoms with Gasteiger partial charge in [0.2, 0.25) is 5.91 Å². The summed E-state index contributed by atoms with van der Waals surface area (Å²) in [6, 6.07) is 0.221. The number of rotatable bonds is 4. The van der Waals surface area contributed by atoms with Gasteiger partial charge in [-0.15, -0.1) is 24.8 Å². The van der Waals surface area contributed by atoms with E-state index in [0.717, 1.165) is 32.2 Å². The Balaban J connectivity index is 0.00000200. The molecule has 0 aromatic carbocycles. The van der Waals surface area contributed by atoms with Gasteiger partial charge in [-0.2, -0.15) is 0 Å². The van der Waals surface area contributed by atoms with Crippen molar-refractivity contribution in [1.82, 2.24) is 10.2 Å². The lowest BCUT2D eigenvalue weighted by molar-refractivity contribution is -0.126. The minimum absolute atomic E-state index is 0. The first kappa shape index (κ1) is 21.0. The minimum atomic E-state index is 0. The predicted octanol–water partition coefficient (Wildman–Crippen LogP) is 2.34. The zero-order valence-corrected chi connectivity index (χ0v) is 14.9. The standard InChI is InChI=1S/C15H29N3O.2ClH/c1-18(2)15(8-3-4-9-15)11-17-14(19)12-6-5-7-13(16)10-12;;/h12-13H,3-11,16H2,1-2H3,(H,17,19);2*1H. The molecule has 0 aromatic heterocycles. The molecule has 2 aliphatic carbocycles. The summed E-state index contributed by atoms with van der Waals surface area (Å²) >= 11 is 0. The molecule has 0 bridgehead atoms. The van der Waals surface area contributed by atoms with E-state index in [4.69, 9.17) is 5.73 Å². The van der Waals surface area contributed by atoms with Crippen LogP contribution in [0.3, 0.4) is 0 Å². The van der Waals surface area contributed by atoms with Crippen LogP contribution in [-0.2, 0) is 4.79 Å². The lowest BCUT2D eigenvalue weighted by Gasteiger charge is -2.37. The van der Waals surface area contributed by atoms with Crippen LogP contribution < -0.4 is 11.1 Å². The van der Waals surface area contributed by atoms with Gasteiger partial charge in [0.05, 0.1) is 0 Å². The monoisotopic (exact) mass is 339 g/mol. The minimum Gasteiger partial charge on any atom is -0.354 e. The molecule has 2 aliphatic rings. The van der Waals surface area contributed by atoms with Crippen molar-refractivity contribution in [2.75, 3.05) is 20.6 Å². The fraction of sp³-hybridized carbons (Fsp3) is 0.933. The van der Waals surface area contributed by atoms with Gasteiger partial charge in [-0.3, -0.25) is 4.79 Å². The van der Waals surface area contributed by atoms with Crippen molar-refractivity contribution < 1.29 is 4.79 Å². The number of hydrogen-bond donors (Lipinski definition) is 2. The molecule has 0 saturated heterocycles. The molecule has 2 fully saturated rings. The van der Waals surface area contributed by atoms with Crippen molar-refractivity contribution in [1.29, 1.82) is 0 Å². The zero-order valence-electron chi connectivity index (χ0n) is 13.3. The fourth-order valence-electron chi connectivity index (χ4n) is 3.68. The summed E-state index contributed by atoms with van der Waals surface area (Å²) in [4.78, 5) is 14.6. The van der Waals surface area contributed by atoms with E-state index in [1.807, 2.05) is 0 Å². The van der Waals surface area contributed by atoms with Gasteiger partial charge in [0.1, 0.15) is 0 Å². The van der Waals surface area contributed by atoms with Crippen LogP contribution >= 0.6 is 24.8 Å². The maximum absolute atomic E-state index is 12.3. The van der Waals surface area contributed by atoms with Crippen molar-refractivity contribution in [2.45, 2.75) is 62.9 Å². The van der Waals surface area contributed by atoms with Crippen molar-refractivity contribution in [3.8, 4) is 0 Å². The third-order valence-electron chi connectivity index (χ3n) is 5.16. The van der Waals surface area contributed by atoms with Crippen LogP contribution in [-0.4, -0.2) is 43.0 Å². The molecule has 0 spiro atoms. The second kappa shape index (κ2) is 9.19. The van der Waals surface area contributed by atoms with Gasteiger partial charge in [-0.1, -0.05) is 19.3 Å². The highest BCUT2D eigenvalue weighted by atomic mass is 35.5. The van der Waals surface area contributed by atoms with E-state index in [9.17, 15) is 4.79 Å². The van der Waals surface area contributed by atoms with E-state index in [2.05, 4.69) is 24.3 Å². The molecule has 4 nitrogen and oxygen atoms in total. The number of nitrogens with zero attached hydrogens (tertiary/aromatic N) is 1. The van der Waals surface area contributed by atoms with E-state index >= 15 is 0 Å². The first-order valence-electron chi connectivity index (χ1n) is 7.74. The topological polar surface area (TPSA) is 58.4 Å². The van der Waals surface area contributed by atoms with Crippen LogP contribution in [0, 0.1) is 5.92 Å². The Morgan fingerprint density at radius 3 is 2.33 bits per heavy atom. The summed E-state index contributed by atoms with van der Waals surface area (Å²) in [6.07, 6.45) is 9.00. The first-order valence-corrected chi connectivity index (χ1v) is 7.74. The van der Waals surface area contributed by atoms with Gasteiger partial charge in [-0.05, 0) is 46.2 Å². The Labute approximate surface area is 141 Å². The molecule has 2 unspecified atom stereocenters. The largest absolute Gasteiger partial charge is 0.354 e. The highest BCUT2D eigenvalue weighted by Crippen LogP contribution is 2.33. The molecule has 0 heterocycles. The van der Waals surface area contributed by atoms with Crippen LogP contribution in [0.4, 0.5) is 0 Å². The third kappa shape index (κ3) is 5.27. The molecule has 1 amide bonds. The Morgan fingerprint density at radius 2 is 1.81 bits per heavy atom. The molecule has 21 heavy (non-hydrogen) atoms. The summed E-state index contributed by atoms with van der Waals surface area (Å²) in [5, 5.41) is 3.20. The second-order valence-corrected chi connectivity index (χ2v) is 6.67. The normalized spacial score (nSPS) is 27.6. The Morgan fingerprint density at radius 1 is 1.19 bits per heavy atom. The average molecular weight is 340 g/mol. The summed E-state index contributed by atoms with van der Waals surface area (Å²) in [5.74, 6) is 0.368. The van der Waals surface area contributed by atoms with Crippen molar-refractivity contribution >= 4 is 30.7 Å². The van der Waals surface area contributed by atoms with Gasteiger partial charge < -0.3 is 16.0 Å². The molecule has 2 rings (SSSR count). The lowest BCUT2D eigenvalue weighted by Crippen LogP contribution is -2.52. The quantitative estimate of drug-likeness (QED) is 0.826. The average Bonchev–Trinajstić information content (AvgIpc) is 2.86. The molecule has 6 heteroatoms. The molecule has 3 N–H and O–H groups in total. The van der Waals surface area contributed by atoms with Crippen molar-refractivity contribution in [3.05, 3.63) is 0 Å². The van der Waals surface area contributed by atoms with E-state index in [0.29, 0.717) is 0 Å². The number of carbonyl (C=O) groups is 1. The second-order valence-electron chi connectivity index (χ2n) is 6.67. The molecular weight excluding hydrogens is 309 g/mol. The van der Waals surface area contributed by atoms with E-state index in [1.54, 1.807) is 0 Å². The Kier molecular flexibility index (Phi) is 9.17. The summed E-state index contributed by atoms with van der Waals surface area (Å²) in [6.45, 7) is 0.796. The molecular formula is C15H31Cl2N3O. The Bertz CT molecular complexity index is 320. The highest BCUT2D eigenvalue weighted by Gasteiger charge is 2.37. The van der Waals surface area contributed by atoms with Crippen LogP contribution in [0.15, 0.2) is 0 Å². The molecule has 2 atom stereocenters. The van der Waals surface area contributed by atoms with Crippen molar-refractivity contribution in [3.63, 3.8) is 0 Å². The summed E-state index contributed by atoms with van der Waals surface area (Å²) < 4.78 is 0. The third-order valence-corrected chi connectivity index (χ3v) is 5.16. The maximum atomic E-state index is 12.3. The maximum Gasteiger partial charge on any atom is 0.223 e. The number of amides is 1. The lowest BCUT2D eigenvalue weighted by atomic mass is 9.85. The fourth-order valence-corrected chi connectivity index (χ4v) is 3.68.